The fraction of sp³-hybridized carbons (Fsp3) is 0.643. The van der Waals surface area contributed by atoms with Crippen molar-refractivity contribution in [3.05, 3.63) is 16.9 Å². The number of halogens is 1. The summed E-state index contributed by atoms with van der Waals surface area (Å²) in [4.78, 5) is 19.9. The van der Waals surface area contributed by atoms with Crippen LogP contribution in [-0.2, 0) is 9.53 Å². The molecule has 0 aliphatic heterocycles. The standard InChI is InChI=1S/C14H19ClN2O3S/c1-20-13(19)9-5-3-8(4-6-9)12(18)10-7-11(15)17-14(16-10)21-2/h7-9,12,18H,3-6H2,1-2H3/t8-,9-,12?. The van der Waals surface area contributed by atoms with Crippen LogP contribution in [0, 0.1) is 11.8 Å². The number of thioether (sulfide) groups is 1. The maximum absolute atomic E-state index is 11.5. The number of methoxy groups -OCH3 is 1. The largest absolute Gasteiger partial charge is 0.469 e. The number of hydrogen-bond donors (Lipinski definition) is 1. The van der Waals surface area contributed by atoms with Crippen molar-refractivity contribution in [2.45, 2.75) is 36.9 Å². The van der Waals surface area contributed by atoms with Gasteiger partial charge in [-0.15, -0.1) is 0 Å². The van der Waals surface area contributed by atoms with Gasteiger partial charge in [-0.1, -0.05) is 23.4 Å². The summed E-state index contributed by atoms with van der Waals surface area (Å²) in [5.74, 6) is -0.113. The lowest BCUT2D eigenvalue weighted by atomic mass is 9.78. The second kappa shape index (κ2) is 7.42. The first-order valence-electron chi connectivity index (χ1n) is 6.89. The summed E-state index contributed by atoms with van der Waals surface area (Å²) < 4.78 is 4.77. The van der Waals surface area contributed by atoms with Gasteiger partial charge in [0.25, 0.3) is 0 Å². The Bertz CT molecular complexity index is 507. The molecule has 1 N–H and O–H groups in total. The van der Waals surface area contributed by atoms with E-state index in [1.165, 1.54) is 18.9 Å². The van der Waals surface area contributed by atoms with Gasteiger partial charge in [-0.3, -0.25) is 4.79 Å². The van der Waals surface area contributed by atoms with Crippen LogP contribution in [0.3, 0.4) is 0 Å². The zero-order valence-corrected chi connectivity index (χ0v) is 13.7. The van der Waals surface area contributed by atoms with Gasteiger partial charge in [0.05, 0.1) is 24.8 Å². The fourth-order valence-corrected chi connectivity index (χ4v) is 3.36. The predicted molar refractivity (Wildman–Crippen MR) is 81.2 cm³/mol. The van der Waals surface area contributed by atoms with Crippen LogP contribution in [0.4, 0.5) is 0 Å². The Labute approximate surface area is 133 Å². The Morgan fingerprint density at radius 1 is 1.43 bits per heavy atom. The Morgan fingerprint density at radius 3 is 2.67 bits per heavy atom. The minimum Gasteiger partial charge on any atom is -0.469 e. The van der Waals surface area contributed by atoms with Crippen LogP contribution in [-0.4, -0.2) is 34.4 Å². The number of ether oxygens (including phenoxy) is 1. The lowest BCUT2D eigenvalue weighted by Gasteiger charge is -2.30. The van der Waals surface area contributed by atoms with Gasteiger partial charge in [0.15, 0.2) is 5.16 Å². The van der Waals surface area contributed by atoms with Crippen LogP contribution < -0.4 is 0 Å². The van der Waals surface area contributed by atoms with E-state index in [4.69, 9.17) is 16.3 Å². The third-order valence-electron chi connectivity index (χ3n) is 3.93. The monoisotopic (exact) mass is 330 g/mol. The van der Waals surface area contributed by atoms with Gasteiger partial charge in [0, 0.05) is 0 Å². The minimum absolute atomic E-state index is 0.0470. The highest BCUT2D eigenvalue weighted by Crippen LogP contribution is 2.37. The van der Waals surface area contributed by atoms with Crippen molar-refractivity contribution in [1.29, 1.82) is 0 Å². The highest BCUT2D eigenvalue weighted by molar-refractivity contribution is 7.98. The number of carbonyl (C=O) groups is 1. The summed E-state index contributed by atoms with van der Waals surface area (Å²) in [7, 11) is 1.41. The Balaban J connectivity index is 2.03. The highest BCUT2D eigenvalue weighted by atomic mass is 35.5. The van der Waals surface area contributed by atoms with Crippen LogP contribution in [0.5, 0.6) is 0 Å². The van der Waals surface area contributed by atoms with E-state index in [1.807, 2.05) is 6.26 Å². The Hall–Kier alpha value is -0.850. The molecule has 2 rings (SSSR count). The molecule has 1 aromatic rings. The molecule has 0 amide bonds. The number of esters is 1. The molecule has 1 saturated carbocycles. The number of aliphatic hydroxyl groups is 1. The van der Waals surface area contributed by atoms with E-state index in [9.17, 15) is 9.90 Å². The summed E-state index contributed by atoms with van der Waals surface area (Å²) in [5.41, 5.74) is 0.556. The summed E-state index contributed by atoms with van der Waals surface area (Å²) in [6, 6.07) is 1.61. The van der Waals surface area contributed by atoms with Gasteiger partial charge in [0.1, 0.15) is 5.15 Å². The van der Waals surface area contributed by atoms with Crippen molar-refractivity contribution in [3.8, 4) is 0 Å². The molecular weight excluding hydrogens is 312 g/mol. The minimum atomic E-state index is -0.671. The smallest absolute Gasteiger partial charge is 0.308 e. The molecule has 7 heteroatoms. The molecule has 0 bridgehead atoms. The van der Waals surface area contributed by atoms with Crippen molar-refractivity contribution < 1.29 is 14.6 Å². The average molecular weight is 331 g/mol. The van der Waals surface area contributed by atoms with E-state index >= 15 is 0 Å². The molecule has 0 radical (unpaired) electrons. The van der Waals surface area contributed by atoms with Crippen molar-refractivity contribution in [1.82, 2.24) is 9.97 Å². The molecule has 1 unspecified atom stereocenters. The first kappa shape index (κ1) is 16.5. The van der Waals surface area contributed by atoms with Gasteiger partial charge in [-0.05, 0) is 43.9 Å². The number of aromatic nitrogens is 2. The van der Waals surface area contributed by atoms with Gasteiger partial charge >= 0.3 is 5.97 Å². The molecule has 0 aromatic carbocycles. The predicted octanol–water partition coefficient (Wildman–Crippen LogP) is 2.86. The van der Waals surface area contributed by atoms with E-state index < -0.39 is 6.10 Å². The molecule has 1 aromatic heterocycles. The molecule has 1 heterocycles. The third kappa shape index (κ3) is 4.08. The highest BCUT2D eigenvalue weighted by Gasteiger charge is 2.31. The molecule has 1 atom stereocenters. The van der Waals surface area contributed by atoms with Crippen molar-refractivity contribution >= 4 is 29.3 Å². The number of rotatable bonds is 4. The SMILES string of the molecule is COC(=O)[C@H]1CC[C@H](C(O)c2cc(Cl)nc(SC)n2)CC1. The zero-order chi connectivity index (χ0) is 15.4. The Kier molecular flexibility index (Phi) is 5.84. The van der Waals surface area contributed by atoms with E-state index in [0.29, 0.717) is 16.0 Å². The summed E-state index contributed by atoms with van der Waals surface area (Å²) >= 11 is 7.35. The average Bonchev–Trinajstić information content (AvgIpc) is 2.52. The van der Waals surface area contributed by atoms with Crippen molar-refractivity contribution in [2.75, 3.05) is 13.4 Å². The lowest BCUT2D eigenvalue weighted by Crippen LogP contribution is -2.26. The lowest BCUT2D eigenvalue weighted by molar-refractivity contribution is -0.147. The second-order valence-corrected chi connectivity index (χ2v) is 6.34. The van der Waals surface area contributed by atoms with E-state index in [1.54, 1.807) is 6.07 Å². The molecule has 0 spiro atoms. The van der Waals surface area contributed by atoms with Crippen molar-refractivity contribution in [2.24, 2.45) is 11.8 Å². The van der Waals surface area contributed by atoms with Crippen LogP contribution in [0.2, 0.25) is 5.15 Å². The van der Waals surface area contributed by atoms with Crippen molar-refractivity contribution in [3.63, 3.8) is 0 Å². The first-order valence-corrected chi connectivity index (χ1v) is 8.49. The molecule has 21 heavy (non-hydrogen) atoms. The second-order valence-electron chi connectivity index (χ2n) is 5.18. The first-order chi connectivity index (χ1) is 10.0. The quantitative estimate of drug-likeness (QED) is 0.396. The zero-order valence-electron chi connectivity index (χ0n) is 12.1. The van der Waals surface area contributed by atoms with E-state index in [2.05, 4.69) is 9.97 Å². The van der Waals surface area contributed by atoms with Gasteiger partial charge in [-0.2, -0.15) is 0 Å². The topological polar surface area (TPSA) is 72.3 Å². The van der Waals surface area contributed by atoms with Crippen LogP contribution in [0.25, 0.3) is 0 Å². The Morgan fingerprint density at radius 2 is 2.10 bits per heavy atom. The number of hydrogen-bond acceptors (Lipinski definition) is 6. The molecule has 5 nitrogen and oxygen atoms in total. The molecule has 116 valence electrons. The molecule has 0 saturated heterocycles. The van der Waals surface area contributed by atoms with Gasteiger partial charge in [-0.25, -0.2) is 9.97 Å². The maximum atomic E-state index is 11.5. The number of nitrogens with zero attached hydrogens (tertiary/aromatic N) is 2. The number of aliphatic hydroxyl groups excluding tert-OH is 1. The maximum Gasteiger partial charge on any atom is 0.308 e. The normalized spacial score (nSPS) is 23.6. The molecular formula is C14H19ClN2O3S. The summed E-state index contributed by atoms with van der Waals surface area (Å²) in [6.07, 6.45) is 4.22. The molecule has 1 aliphatic rings. The fourth-order valence-electron chi connectivity index (χ4n) is 2.73. The summed E-state index contributed by atoms with van der Waals surface area (Å²) in [5, 5.41) is 11.4. The van der Waals surface area contributed by atoms with E-state index in [0.717, 1.165) is 25.7 Å². The molecule has 1 aliphatic carbocycles. The van der Waals surface area contributed by atoms with Gasteiger partial charge < -0.3 is 9.84 Å². The van der Waals surface area contributed by atoms with Crippen LogP contribution in [0.15, 0.2) is 11.2 Å². The van der Waals surface area contributed by atoms with Crippen LogP contribution >= 0.6 is 23.4 Å². The van der Waals surface area contributed by atoms with Crippen LogP contribution in [0.1, 0.15) is 37.5 Å². The summed E-state index contributed by atoms with van der Waals surface area (Å²) in [6.45, 7) is 0. The van der Waals surface area contributed by atoms with Gasteiger partial charge in [0.2, 0.25) is 0 Å². The third-order valence-corrected chi connectivity index (χ3v) is 4.67. The van der Waals surface area contributed by atoms with E-state index in [-0.39, 0.29) is 17.8 Å². The molecule has 1 fully saturated rings. The number of carbonyl (C=O) groups excluding carboxylic acids is 1.